The molecule has 2 aromatic rings. The summed E-state index contributed by atoms with van der Waals surface area (Å²) in [6.07, 6.45) is 4.15. The van der Waals surface area contributed by atoms with E-state index in [1.807, 2.05) is 31.2 Å². The lowest BCUT2D eigenvalue weighted by Gasteiger charge is -2.30. The molecule has 0 aliphatic heterocycles. The van der Waals surface area contributed by atoms with Crippen molar-refractivity contribution in [1.29, 1.82) is 0 Å². The van der Waals surface area contributed by atoms with Crippen LogP contribution in [0.1, 0.15) is 49.3 Å². The Morgan fingerprint density at radius 2 is 1.76 bits per heavy atom. The van der Waals surface area contributed by atoms with Crippen LogP contribution in [0.3, 0.4) is 0 Å². The lowest BCUT2D eigenvalue weighted by atomic mass is 10.1. The number of nitrogens with zero attached hydrogens (tertiary/aromatic N) is 1. The smallest absolute Gasteiger partial charge is 0.242 e. The Morgan fingerprint density at radius 1 is 1.10 bits per heavy atom. The quantitative estimate of drug-likeness (QED) is 0.764. The summed E-state index contributed by atoms with van der Waals surface area (Å²) in [5, 5.41) is 3.08. The van der Waals surface area contributed by atoms with E-state index in [9.17, 15) is 14.0 Å². The summed E-state index contributed by atoms with van der Waals surface area (Å²) in [7, 11) is 0. The van der Waals surface area contributed by atoms with Gasteiger partial charge in [-0.05, 0) is 43.9 Å². The first-order chi connectivity index (χ1) is 13.9. The molecule has 4 nitrogen and oxygen atoms in total. The summed E-state index contributed by atoms with van der Waals surface area (Å²) in [6.45, 7) is 4.06. The van der Waals surface area contributed by atoms with Crippen molar-refractivity contribution in [2.24, 2.45) is 0 Å². The van der Waals surface area contributed by atoms with Crippen molar-refractivity contribution in [1.82, 2.24) is 10.2 Å². The molecule has 29 heavy (non-hydrogen) atoms. The van der Waals surface area contributed by atoms with Crippen molar-refractivity contribution in [2.75, 3.05) is 0 Å². The van der Waals surface area contributed by atoms with E-state index in [0.29, 0.717) is 12.1 Å². The van der Waals surface area contributed by atoms with Crippen LogP contribution in [0.25, 0.3) is 0 Å². The molecular formula is C24H29FN2O2. The van der Waals surface area contributed by atoms with Gasteiger partial charge in [-0.1, -0.05) is 60.9 Å². The minimum atomic E-state index is -0.629. The molecule has 2 amide bonds. The topological polar surface area (TPSA) is 49.4 Å². The molecule has 154 valence electrons. The molecule has 0 spiro atoms. The van der Waals surface area contributed by atoms with Crippen molar-refractivity contribution in [3.05, 3.63) is 71.0 Å². The van der Waals surface area contributed by atoms with E-state index in [2.05, 4.69) is 5.32 Å². The first kappa shape index (κ1) is 21.0. The number of benzene rings is 2. The van der Waals surface area contributed by atoms with Gasteiger partial charge < -0.3 is 10.2 Å². The van der Waals surface area contributed by atoms with E-state index in [1.54, 1.807) is 30.0 Å². The Bertz CT molecular complexity index is 844. The Hall–Kier alpha value is -2.69. The van der Waals surface area contributed by atoms with E-state index >= 15 is 0 Å². The molecule has 1 fully saturated rings. The SMILES string of the molecule is Cc1ccc(CN(C(=O)Cc2ccccc2F)C(C)C(=O)NC2CCCC2)cc1. The third-order valence-corrected chi connectivity index (χ3v) is 5.64. The third kappa shape index (κ3) is 5.66. The standard InChI is InChI=1S/C24H29FN2O2/c1-17-11-13-19(14-12-17)16-27(18(2)24(29)26-21-8-4-5-9-21)23(28)15-20-7-3-6-10-22(20)25/h3,6-7,10-14,18,21H,4-5,8-9,15-16H2,1-2H3,(H,26,29). The number of carbonyl (C=O) groups is 2. The number of aryl methyl sites for hydroxylation is 1. The lowest BCUT2D eigenvalue weighted by molar-refractivity contribution is -0.140. The predicted octanol–water partition coefficient (Wildman–Crippen LogP) is 4.15. The number of hydrogen-bond acceptors (Lipinski definition) is 2. The second kappa shape index (κ2) is 9.68. The van der Waals surface area contributed by atoms with Crippen LogP contribution in [-0.2, 0) is 22.6 Å². The summed E-state index contributed by atoms with van der Waals surface area (Å²) in [5.74, 6) is -0.810. The summed E-state index contributed by atoms with van der Waals surface area (Å²) >= 11 is 0. The number of carbonyl (C=O) groups excluding carboxylic acids is 2. The van der Waals surface area contributed by atoms with Gasteiger partial charge in [0, 0.05) is 12.6 Å². The van der Waals surface area contributed by atoms with Gasteiger partial charge in [-0.15, -0.1) is 0 Å². The molecule has 0 bridgehead atoms. The Balaban J connectivity index is 1.77. The maximum absolute atomic E-state index is 14.1. The summed E-state index contributed by atoms with van der Waals surface area (Å²) in [5.41, 5.74) is 2.41. The average molecular weight is 397 g/mol. The molecule has 1 unspecified atom stereocenters. The van der Waals surface area contributed by atoms with Crippen LogP contribution in [0.4, 0.5) is 4.39 Å². The van der Waals surface area contributed by atoms with Crippen molar-refractivity contribution in [2.45, 2.75) is 64.6 Å². The molecule has 1 saturated carbocycles. The van der Waals surface area contributed by atoms with Crippen LogP contribution in [-0.4, -0.2) is 28.8 Å². The molecule has 5 heteroatoms. The Kier molecular flexibility index (Phi) is 7.02. The average Bonchev–Trinajstić information content (AvgIpc) is 3.21. The van der Waals surface area contributed by atoms with Crippen LogP contribution in [0, 0.1) is 12.7 Å². The molecule has 0 aromatic heterocycles. The van der Waals surface area contributed by atoms with Gasteiger partial charge in [0.15, 0.2) is 0 Å². The van der Waals surface area contributed by atoms with E-state index in [-0.39, 0.29) is 24.3 Å². The second-order valence-electron chi connectivity index (χ2n) is 7.94. The fourth-order valence-electron chi connectivity index (χ4n) is 3.77. The van der Waals surface area contributed by atoms with Crippen molar-refractivity contribution in [3.8, 4) is 0 Å². The Labute approximate surface area is 172 Å². The van der Waals surface area contributed by atoms with Gasteiger partial charge in [0.2, 0.25) is 11.8 Å². The Morgan fingerprint density at radius 3 is 2.41 bits per heavy atom. The fourth-order valence-corrected chi connectivity index (χ4v) is 3.77. The maximum Gasteiger partial charge on any atom is 0.242 e. The highest BCUT2D eigenvalue weighted by molar-refractivity contribution is 5.88. The zero-order valence-corrected chi connectivity index (χ0v) is 17.2. The van der Waals surface area contributed by atoms with Crippen molar-refractivity contribution < 1.29 is 14.0 Å². The van der Waals surface area contributed by atoms with Crippen LogP contribution in [0.2, 0.25) is 0 Å². The highest BCUT2D eigenvalue weighted by Gasteiger charge is 2.28. The third-order valence-electron chi connectivity index (χ3n) is 5.64. The number of amides is 2. The first-order valence-corrected chi connectivity index (χ1v) is 10.3. The van der Waals surface area contributed by atoms with Crippen molar-refractivity contribution in [3.63, 3.8) is 0 Å². The highest BCUT2D eigenvalue weighted by atomic mass is 19.1. The molecule has 1 N–H and O–H groups in total. The molecule has 2 aromatic carbocycles. The zero-order chi connectivity index (χ0) is 20.8. The monoisotopic (exact) mass is 396 g/mol. The van der Waals surface area contributed by atoms with Gasteiger partial charge in [0.05, 0.1) is 6.42 Å². The van der Waals surface area contributed by atoms with Gasteiger partial charge in [0.25, 0.3) is 0 Å². The summed E-state index contributed by atoms with van der Waals surface area (Å²) < 4.78 is 14.1. The number of nitrogens with one attached hydrogen (secondary N) is 1. The molecule has 1 aliphatic carbocycles. The van der Waals surface area contributed by atoms with E-state index in [0.717, 1.165) is 36.8 Å². The molecule has 0 saturated heterocycles. The molecule has 1 aliphatic rings. The number of rotatable bonds is 7. The minimum Gasteiger partial charge on any atom is -0.352 e. The van der Waals surface area contributed by atoms with Crippen molar-refractivity contribution >= 4 is 11.8 Å². The van der Waals surface area contributed by atoms with Gasteiger partial charge in [-0.2, -0.15) is 0 Å². The predicted molar refractivity (Wildman–Crippen MR) is 112 cm³/mol. The molecule has 0 heterocycles. The largest absolute Gasteiger partial charge is 0.352 e. The summed E-state index contributed by atoms with van der Waals surface area (Å²) in [6, 6.07) is 13.7. The van der Waals surface area contributed by atoms with E-state index in [4.69, 9.17) is 0 Å². The normalized spacial score (nSPS) is 15.1. The number of hydrogen-bond donors (Lipinski definition) is 1. The van der Waals surface area contributed by atoms with E-state index in [1.165, 1.54) is 6.07 Å². The van der Waals surface area contributed by atoms with Gasteiger partial charge in [-0.25, -0.2) is 4.39 Å². The van der Waals surface area contributed by atoms with Gasteiger partial charge in [0.1, 0.15) is 11.9 Å². The van der Waals surface area contributed by atoms with Gasteiger partial charge in [-0.3, -0.25) is 9.59 Å². The maximum atomic E-state index is 14.1. The molecule has 1 atom stereocenters. The second-order valence-corrected chi connectivity index (χ2v) is 7.94. The minimum absolute atomic E-state index is 0.0699. The van der Waals surface area contributed by atoms with E-state index < -0.39 is 11.9 Å². The summed E-state index contributed by atoms with van der Waals surface area (Å²) in [4.78, 5) is 27.5. The molecular weight excluding hydrogens is 367 g/mol. The van der Waals surface area contributed by atoms with Crippen LogP contribution >= 0.6 is 0 Å². The van der Waals surface area contributed by atoms with Crippen LogP contribution < -0.4 is 5.32 Å². The number of halogens is 1. The van der Waals surface area contributed by atoms with Gasteiger partial charge >= 0.3 is 0 Å². The zero-order valence-electron chi connectivity index (χ0n) is 17.2. The molecule has 0 radical (unpaired) electrons. The molecule has 3 rings (SSSR count). The highest BCUT2D eigenvalue weighted by Crippen LogP contribution is 2.19. The lowest BCUT2D eigenvalue weighted by Crippen LogP contribution is -2.50. The first-order valence-electron chi connectivity index (χ1n) is 10.3. The van der Waals surface area contributed by atoms with Crippen LogP contribution in [0.5, 0.6) is 0 Å². The van der Waals surface area contributed by atoms with Crippen LogP contribution in [0.15, 0.2) is 48.5 Å². The fraction of sp³-hybridized carbons (Fsp3) is 0.417.